The molecule has 1 saturated heterocycles. The maximum absolute atomic E-state index is 12.9. The Kier molecular flexibility index (Phi) is 7.85. The highest BCUT2D eigenvalue weighted by Crippen LogP contribution is 2.20. The van der Waals surface area contributed by atoms with E-state index in [1.807, 2.05) is 59.5 Å². The van der Waals surface area contributed by atoms with Crippen LogP contribution >= 0.6 is 0 Å². The van der Waals surface area contributed by atoms with E-state index in [9.17, 15) is 9.59 Å². The lowest BCUT2D eigenvalue weighted by Crippen LogP contribution is -2.47. The highest BCUT2D eigenvalue weighted by Gasteiger charge is 2.28. The van der Waals surface area contributed by atoms with E-state index in [4.69, 9.17) is 9.47 Å². The van der Waals surface area contributed by atoms with Crippen LogP contribution in [-0.2, 0) is 27.4 Å². The summed E-state index contributed by atoms with van der Waals surface area (Å²) in [5, 5.41) is 0. The molecule has 0 unspecified atom stereocenters. The second-order valence-corrected chi connectivity index (χ2v) is 7.73. The van der Waals surface area contributed by atoms with E-state index in [1.165, 1.54) is 0 Å². The maximum atomic E-state index is 12.9. The van der Waals surface area contributed by atoms with Gasteiger partial charge in [-0.2, -0.15) is 0 Å². The summed E-state index contributed by atoms with van der Waals surface area (Å²) in [5.41, 5.74) is 1.91. The first-order valence-electron chi connectivity index (χ1n) is 10.3. The van der Waals surface area contributed by atoms with Crippen LogP contribution in [0.3, 0.4) is 0 Å². The molecule has 6 nitrogen and oxygen atoms in total. The predicted molar refractivity (Wildman–Crippen MR) is 115 cm³/mol. The molecule has 1 amide bonds. The van der Waals surface area contributed by atoms with Gasteiger partial charge in [-0.1, -0.05) is 42.5 Å². The van der Waals surface area contributed by atoms with Crippen molar-refractivity contribution in [2.45, 2.75) is 19.4 Å². The summed E-state index contributed by atoms with van der Waals surface area (Å²) >= 11 is 0. The minimum Gasteiger partial charge on any atom is -0.497 e. The molecule has 3 rings (SSSR count). The van der Waals surface area contributed by atoms with Crippen LogP contribution in [0.25, 0.3) is 0 Å². The summed E-state index contributed by atoms with van der Waals surface area (Å²) in [7, 11) is 3.67. The molecule has 0 radical (unpaired) electrons. The largest absolute Gasteiger partial charge is 0.497 e. The topological polar surface area (TPSA) is 59.1 Å². The second kappa shape index (κ2) is 10.8. The number of hydrogen-bond donors (Lipinski definition) is 0. The van der Waals surface area contributed by atoms with Gasteiger partial charge in [0.2, 0.25) is 5.91 Å². The number of carbonyl (C=O) groups excluding carboxylic acids is 2. The van der Waals surface area contributed by atoms with Crippen LogP contribution < -0.4 is 4.74 Å². The number of nitrogens with zero attached hydrogens (tertiary/aromatic N) is 2. The molecule has 160 valence electrons. The van der Waals surface area contributed by atoms with E-state index in [-0.39, 0.29) is 24.9 Å². The molecule has 6 heteroatoms. The van der Waals surface area contributed by atoms with Crippen LogP contribution in [0, 0.1) is 5.92 Å². The number of benzene rings is 2. The quantitative estimate of drug-likeness (QED) is 0.627. The number of esters is 1. The smallest absolute Gasteiger partial charge is 0.310 e. The van der Waals surface area contributed by atoms with Crippen molar-refractivity contribution in [3.05, 3.63) is 65.7 Å². The number of ether oxygens (including phenoxy) is 2. The normalized spacial score (nSPS) is 15.5. The fourth-order valence-corrected chi connectivity index (χ4v) is 3.53. The average Bonchev–Trinajstić information content (AvgIpc) is 2.78. The van der Waals surface area contributed by atoms with E-state index in [0.717, 1.165) is 30.0 Å². The molecular weight excluding hydrogens is 380 g/mol. The third kappa shape index (κ3) is 6.32. The predicted octanol–water partition coefficient (Wildman–Crippen LogP) is 2.76. The van der Waals surface area contributed by atoms with Crippen molar-refractivity contribution >= 4 is 11.9 Å². The summed E-state index contributed by atoms with van der Waals surface area (Å²) in [6.07, 6.45) is 0.612. The summed E-state index contributed by atoms with van der Waals surface area (Å²) in [6, 6.07) is 17.2. The van der Waals surface area contributed by atoms with E-state index in [2.05, 4.69) is 11.9 Å². The number of carbonyl (C=O) groups is 2. The Hall–Kier alpha value is -2.86. The Bertz CT molecular complexity index is 815. The third-order valence-corrected chi connectivity index (χ3v) is 5.48. The van der Waals surface area contributed by atoms with Crippen LogP contribution in [0.2, 0.25) is 0 Å². The number of piperazine rings is 1. The number of amides is 1. The first-order chi connectivity index (χ1) is 14.5. The fourth-order valence-electron chi connectivity index (χ4n) is 3.53. The van der Waals surface area contributed by atoms with Gasteiger partial charge in [-0.3, -0.25) is 9.59 Å². The molecule has 0 aliphatic carbocycles. The van der Waals surface area contributed by atoms with Crippen molar-refractivity contribution in [2.24, 2.45) is 5.92 Å². The molecule has 2 aromatic rings. The van der Waals surface area contributed by atoms with Crippen LogP contribution in [0.1, 0.15) is 17.5 Å². The molecule has 0 spiro atoms. The summed E-state index contributed by atoms with van der Waals surface area (Å²) in [5.74, 6) is -0.0832. The van der Waals surface area contributed by atoms with Crippen molar-refractivity contribution in [3.63, 3.8) is 0 Å². The van der Waals surface area contributed by atoms with Crippen LogP contribution in [-0.4, -0.2) is 62.0 Å². The van der Waals surface area contributed by atoms with Gasteiger partial charge in [-0.15, -0.1) is 0 Å². The Morgan fingerprint density at radius 3 is 2.23 bits per heavy atom. The van der Waals surface area contributed by atoms with E-state index in [0.29, 0.717) is 19.5 Å². The van der Waals surface area contributed by atoms with Crippen LogP contribution in [0.4, 0.5) is 0 Å². The van der Waals surface area contributed by atoms with Crippen molar-refractivity contribution in [1.82, 2.24) is 9.80 Å². The minimum atomic E-state index is -0.519. The average molecular weight is 411 g/mol. The fraction of sp³-hybridized carbons (Fsp3) is 0.417. The molecule has 0 aromatic heterocycles. The molecule has 0 saturated carbocycles. The van der Waals surface area contributed by atoms with Gasteiger partial charge < -0.3 is 19.3 Å². The van der Waals surface area contributed by atoms with Gasteiger partial charge in [0.1, 0.15) is 12.4 Å². The number of rotatable bonds is 8. The molecule has 1 atom stereocenters. The molecule has 1 aliphatic rings. The van der Waals surface area contributed by atoms with E-state index >= 15 is 0 Å². The molecular formula is C24H30N2O4. The Morgan fingerprint density at radius 1 is 0.933 bits per heavy atom. The van der Waals surface area contributed by atoms with Gasteiger partial charge in [-0.25, -0.2) is 0 Å². The number of methoxy groups -OCH3 is 1. The molecule has 1 aliphatic heterocycles. The van der Waals surface area contributed by atoms with E-state index in [1.54, 1.807) is 7.11 Å². The summed E-state index contributed by atoms with van der Waals surface area (Å²) in [4.78, 5) is 29.8. The Labute approximate surface area is 178 Å². The zero-order valence-corrected chi connectivity index (χ0v) is 17.8. The first kappa shape index (κ1) is 21.8. The molecule has 1 fully saturated rings. The van der Waals surface area contributed by atoms with Crippen LogP contribution in [0.15, 0.2) is 54.6 Å². The SMILES string of the molecule is COc1ccc(C[C@H](CC(=O)N2CCN(C)CC2)C(=O)OCc2ccccc2)cc1. The highest BCUT2D eigenvalue weighted by molar-refractivity contribution is 5.83. The monoisotopic (exact) mass is 410 g/mol. The number of likely N-dealkylation sites (N-methyl/N-ethyl adjacent to an activating group) is 1. The lowest BCUT2D eigenvalue weighted by Gasteiger charge is -2.33. The van der Waals surface area contributed by atoms with E-state index < -0.39 is 5.92 Å². The molecule has 1 heterocycles. The highest BCUT2D eigenvalue weighted by atomic mass is 16.5. The van der Waals surface area contributed by atoms with Gasteiger partial charge in [-0.05, 0) is 36.7 Å². The zero-order valence-electron chi connectivity index (χ0n) is 17.8. The van der Waals surface area contributed by atoms with Gasteiger partial charge in [0, 0.05) is 32.6 Å². The Morgan fingerprint density at radius 2 is 1.60 bits per heavy atom. The zero-order chi connectivity index (χ0) is 21.3. The standard InChI is InChI=1S/C24H30N2O4/c1-25-12-14-26(15-13-25)23(27)17-21(16-19-8-10-22(29-2)11-9-19)24(28)30-18-20-6-4-3-5-7-20/h3-11,21H,12-18H2,1-2H3/t21-/m1/s1. The van der Waals surface area contributed by atoms with Crippen molar-refractivity contribution in [3.8, 4) is 5.75 Å². The molecule has 0 bridgehead atoms. The third-order valence-electron chi connectivity index (χ3n) is 5.48. The maximum Gasteiger partial charge on any atom is 0.310 e. The van der Waals surface area contributed by atoms with Gasteiger partial charge in [0.05, 0.1) is 13.0 Å². The van der Waals surface area contributed by atoms with Gasteiger partial charge in [0.25, 0.3) is 0 Å². The van der Waals surface area contributed by atoms with Gasteiger partial charge >= 0.3 is 5.97 Å². The van der Waals surface area contributed by atoms with Crippen molar-refractivity contribution in [1.29, 1.82) is 0 Å². The van der Waals surface area contributed by atoms with Gasteiger partial charge in [0.15, 0.2) is 0 Å². The second-order valence-electron chi connectivity index (χ2n) is 7.73. The van der Waals surface area contributed by atoms with Crippen molar-refractivity contribution < 1.29 is 19.1 Å². The lowest BCUT2D eigenvalue weighted by atomic mass is 9.95. The molecule has 0 N–H and O–H groups in total. The first-order valence-corrected chi connectivity index (χ1v) is 10.3. The summed E-state index contributed by atoms with van der Waals surface area (Å²) < 4.78 is 10.8. The number of hydrogen-bond acceptors (Lipinski definition) is 5. The van der Waals surface area contributed by atoms with Crippen LogP contribution in [0.5, 0.6) is 5.75 Å². The Balaban J connectivity index is 1.66. The molecule has 2 aromatic carbocycles. The molecule has 30 heavy (non-hydrogen) atoms. The summed E-state index contributed by atoms with van der Waals surface area (Å²) in [6.45, 7) is 3.31. The minimum absolute atomic E-state index is 0.0123. The van der Waals surface area contributed by atoms with Crippen molar-refractivity contribution in [2.75, 3.05) is 40.3 Å². The lowest BCUT2D eigenvalue weighted by molar-refractivity contribution is -0.153.